The molecule has 0 aliphatic rings. The van der Waals surface area contributed by atoms with E-state index < -0.39 is 30.6 Å². The highest BCUT2D eigenvalue weighted by Gasteiger charge is 2.22. The fourth-order valence-electron chi connectivity index (χ4n) is 0.806. The van der Waals surface area contributed by atoms with Crippen LogP contribution in [0.4, 0.5) is 0 Å². The van der Waals surface area contributed by atoms with Crippen LogP contribution in [0.15, 0.2) is 0 Å². The summed E-state index contributed by atoms with van der Waals surface area (Å²) >= 11 is 0. The van der Waals surface area contributed by atoms with E-state index in [0.29, 0.717) is 6.42 Å². The Morgan fingerprint density at radius 2 is 2.00 bits per heavy atom. The number of hydrogen-bond donors (Lipinski definition) is 2. The van der Waals surface area contributed by atoms with Gasteiger partial charge in [-0.2, -0.15) is 0 Å². The van der Waals surface area contributed by atoms with Crippen LogP contribution >= 0.6 is 0 Å². The molecule has 0 aliphatic carbocycles. The second kappa shape index (κ2) is 5.66. The van der Waals surface area contributed by atoms with E-state index in [1.807, 2.05) is 0 Å². The summed E-state index contributed by atoms with van der Waals surface area (Å²) in [6.45, 7) is 2.41. The van der Waals surface area contributed by atoms with Crippen molar-refractivity contribution in [2.24, 2.45) is 0 Å². The van der Waals surface area contributed by atoms with E-state index in [1.165, 1.54) is 6.92 Å². The lowest BCUT2D eigenvalue weighted by atomic mass is 10.2. The average molecular weight is 190 g/mol. The number of rotatable bonds is 6. The predicted molar refractivity (Wildman–Crippen MR) is 44.4 cm³/mol. The van der Waals surface area contributed by atoms with Crippen molar-refractivity contribution in [1.82, 2.24) is 0 Å². The van der Waals surface area contributed by atoms with Crippen LogP contribution in [-0.2, 0) is 14.3 Å². The molecule has 0 spiro atoms. The standard InChI is InChI=1S/C8H14O5/c1-3-7(6(10)4-9)13-5(2)8(11)12/h5,7,9H,3-4H2,1-2H3,(H,11,12). The van der Waals surface area contributed by atoms with Gasteiger partial charge in [0.2, 0.25) is 0 Å². The predicted octanol–water partition coefficient (Wildman–Crippen LogP) is -0.184. The van der Waals surface area contributed by atoms with Crippen LogP contribution in [0.5, 0.6) is 0 Å². The summed E-state index contributed by atoms with van der Waals surface area (Å²) < 4.78 is 4.90. The number of ketones is 1. The number of hydrogen-bond acceptors (Lipinski definition) is 4. The number of Topliss-reactive ketones (excluding diaryl/α,β-unsaturated/α-hetero) is 1. The fraction of sp³-hybridized carbons (Fsp3) is 0.750. The van der Waals surface area contributed by atoms with E-state index in [2.05, 4.69) is 0 Å². The fourth-order valence-corrected chi connectivity index (χ4v) is 0.806. The molecule has 5 heteroatoms. The van der Waals surface area contributed by atoms with Crippen LogP contribution in [0.3, 0.4) is 0 Å². The molecule has 0 aliphatic heterocycles. The van der Waals surface area contributed by atoms with E-state index in [9.17, 15) is 9.59 Å². The summed E-state index contributed by atoms with van der Waals surface area (Å²) in [6, 6.07) is 0. The molecule has 0 fully saturated rings. The van der Waals surface area contributed by atoms with Gasteiger partial charge in [0.25, 0.3) is 0 Å². The smallest absolute Gasteiger partial charge is 0.332 e. The molecule has 0 rings (SSSR count). The largest absolute Gasteiger partial charge is 0.479 e. The zero-order valence-corrected chi connectivity index (χ0v) is 7.69. The number of carboxylic acid groups (broad SMARTS) is 1. The zero-order chi connectivity index (χ0) is 10.4. The molecule has 2 N–H and O–H groups in total. The van der Waals surface area contributed by atoms with Crippen molar-refractivity contribution >= 4 is 11.8 Å². The Morgan fingerprint density at radius 1 is 1.46 bits per heavy atom. The summed E-state index contributed by atoms with van der Waals surface area (Å²) in [5.74, 6) is -1.61. The highest BCUT2D eigenvalue weighted by Crippen LogP contribution is 2.04. The van der Waals surface area contributed by atoms with Gasteiger partial charge in [-0.3, -0.25) is 4.79 Å². The van der Waals surface area contributed by atoms with E-state index in [0.717, 1.165) is 0 Å². The average Bonchev–Trinajstić information content (AvgIpc) is 2.12. The molecule has 0 aromatic rings. The minimum Gasteiger partial charge on any atom is -0.479 e. The lowest BCUT2D eigenvalue weighted by Crippen LogP contribution is -2.33. The SMILES string of the molecule is CCC(OC(C)C(=O)O)C(=O)CO. The topological polar surface area (TPSA) is 83.8 Å². The number of carboxylic acids is 1. The maximum Gasteiger partial charge on any atom is 0.332 e. The number of ether oxygens (including phenoxy) is 1. The van der Waals surface area contributed by atoms with Gasteiger partial charge in [-0.15, -0.1) is 0 Å². The Morgan fingerprint density at radius 3 is 2.31 bits per heavy atom. The van der Waals surface area contributed by atoms with Crippen LogP contribution in [-0.4, -0.2) is 40.8 Å². The van der Waals surface area contributed by atoms with Gasteiger partial charge in [0.05, 0.1) is 0 Å². The van der Waals surface area contributed by atoms with Crippen LogP contribution in [0, 0.1) is 0 Å². The summed E-state index contributed by atoms with van der Waals surface area (Å²) in [7, 11) is 0. The molecular weight excluding hydrogens is 176 g/mol. The highest BCUT2D eigenvalue weighted by molar-refractivity contribution is 5.84. The Balaban J connectivity index is 4.12. The second-order valence-corrected chi connectivity index (χ2v) is 2.64. The number of aliphatic carboxylic acids is 1. The van der Waals surface area contributed by atoms with Crippen molar-refractivity contribution in [2.75, 3.05) is 6.61 Å². The highest BCUT2D eigenvalue weighted by atomic mass is 16.5. The lowest BCUT2D eigenvalue weighted by molar-refractivity contribution is -0.156. The van der Waals surface area contributed by atoms with Crippen molar-refractivity contribution in [3.63, 3.8) is 0 Å². The summed E-state index contributed by atoms with van der Waals surface area (Å²) in [4.78, 5) is 21.3. The number of carbonyl (C=O) groups is 2. The summed E-state index contributed by atoms with van der Waals surface area (Å²) in [5, 5.41) is 17.0. The Hall–Kier alpha value is -0.940. The van der Waals surface area contributed by atoms with Crippen molar-refractivity contribution < 1.29 is 24.5 Å². The van der Waals surface area contributed by atoms with Gasteiger partial charge in [0.1, 0.15) is 12.7 Å². The lowest BCUT2D eigenvalue weighted by Gasteiger charge is -2.16. The molecule has 5 nitrogen and oxygen atoms in total. The maximum absolute atomic E-state index is 10.9. The van der Waals surface area contributed by atoms with Crippen molar-refractivity contribution in [1.29, 1.82) is 0 Å². The minimum atomic E-state index is -1.12. The zero-order valence-electron chi connectivity index (χ0n) is 7.69. The van der Waals surface area contributed by atoms with E-state index >= 15 is 0 Å². The first-order valence-corrected chi connectivity index (χ1v) is 4.04. The third kappa shape index (κ3) is 4.00. The molecule has 2 unspecified atom stereocenters. The van der Waals surface area contributed by atoms with E-state index in [1.54, 1.807) is 6.92 Å². The molecule has 0 aromatic heterocycles. The third-order valence-corrected chi connectivity index (χ3v) is 1.60. The first-order valence-electron chi connectivity index (χ1n) is 4.04. The van der Waals surface area contributed by atoms with E-state index in [4.69, 9.17) is 14.9 Å². The van der Waals surface area contributed by atoms with Gasteiger partial charge in [-0.25, -0.2) is 4.79 Å². The van der Waals surface area contributed by atoms with Gasteiger partial charge < -0.3 is 14.9 Å². The Labute approximate surface area is 76.3 Å². The molecule has 0 amide bonds. The molecule has 13 heavy (non-hydrogen) atoms. The molecule has 0 heterocycles. The maximum atomic E-state index is 10.9. The molecule has 0 radical (unpaired) electrons. The minimum absolute atomic E-state index is 0.358. The quantitative estimate of drug-likeness (QED) is 0.606. The van der Waals surface area contributed by atoms with Gasteiger partial charge in [0.15, 0.2) is 11.9 Å². The van der Waals surface area contributed by atoms with Gasteiger partial charge >= 0.3 is 5.97 Å². The van der Waals surface area contributed by atoms with Crippen LogP contribution in [0.1, 0.15) is 20.3 Å². The Kier molecular flexibility index (Phi) is 5.25. The molecular formula is C8H14O5. The van der Waals surface area contributed by atoms with Crippen molar-refractivity contribution in [3.05, 3.63) is 0 Å². The monoisotopic (exact) mass is 190 g/mol. The van der Waals surface area contributed by atoms with Gasteiger partial charge in [-0.1, -0.05) is 6.92 Å². The summed E-state index contributed by atoms with van der Waals surface area (Å²) in [5.41, 5.74) is 0. The molecule has 0 saturated carbocycles. The van der Waals surface area contributed by atoms with Crippen molar-refractivity contribution in [2.45, 2.75) is 32.5 Å². The molecule has 76 valence electrons. The number of aliphatic hydroxyl groups excluding tert-OH is 1. The van der Waals surface area contributed by atoms with E-state index in [-0.39, 0.29) is 0 Å². The Bertz CT molecular complexity index is 189. The van der Waals surface area contributed by atoms with Gasteiger partial charge in [-0.05, 0) is 13.3 Å². The first-order chi connectivity index (χ1) is 6.02. The molecule has 0 bridgehead atoms. The van der Waals surface area contributed by atoms with Crippen LogP contribution in [0.25, 0.3) is 0 Å². The van der Waals surface area contributed by atoms with Gasteiger partial charge in [0, 0.05) is 0 Å². The molecule has 0 saturated heterocycles. The molecule has 2 atom stereocenters. The normalized spacial score (nSPS) is 15.0. The number of carbonyl (C=O) groups excluding carboxylic acids is 1. The molecule has 0 aromatic carbocycles. The van der Waals surface area contributed by atoms with Crippen LogP contribution in [0.2, 0.25) is 0 Å². The first kappa shape index (κ1) is 12.1. The second-order valence-electron chi connectivity index (χ2n) is 2.64. The van der Waals surface area contributed by atoms with Crippen LogP contribution < -0.4 is 0 Å². The third-order valence-electron chi connectivity index (χ3n) is 1.60. The summed E-state index contributed by atoms with van der Waals surface area (Å²) in [6.07, 6.45) is -1.49. The van der Waals surface area contributed by atoms with Crippen molar-refractivity contribution in [3.8, 4) is 0 Å². The number of aliphatic hydroxyl groups is 1.